The summed E-state index contributed by atoms with van der Waals surface area (Å²) in [7, 11) is -3.29. The van der Waals surface area contributed by atoms with E-state index in [0.29, 0.717) is 6.54 Å². The van der Waals surface area contributed by atoms with Crippen molar-refractivity contribution in [1.82, 2.24) is 9.62 Å². The van der Waals surface area contributed by atoms with Crippen molar-refractivity contribution in [2.75, 3.05) is 44.2 Å². The Hall–Kier alpha value is -1.60. The molecule has 0 amide bonds. The molecule has 1 saturated heterocycles. The molecule has 2 aromatic carbocycles. The molecule has 5 nitrogen and oxygen atoms in total. The van der Waals surface area contributed by atoms with Gasteiger partial charge in [-0.15, -0.1) is 0 Å². The number of piperazine rings is 1. The quantitative estimate of drug-likeness (QED) is 0.785. The number of rotatable bonds is 7. The Balaban J connectivity index is 1.40. The van der Waals surface area contributed by atoms with E-state index in [1.165, 1.54) is 5.69 Å². The smallest absolute Gasteiger partial charge is 0.215 e. The third kappa shape index (κ3) is 5.71. The van der Waals surface area contributed by atoms with Gasteiger partial charge in [-0.2, -0.15) is 0 Å². The fourth-order valence-corrected chi connectivity index (χ4v) is 4.35. The predicted octanol–water partition coefficient (Wildman–Crippen LogP) is 2.58. The first-order valence-electron chi connectivity index (χ1n) is 8.76. The van der Waals surface area contributed by atoms with Gasteiger partial charge in [-0.05, 0) is 29.8 Å². The summed E-state index contributed by atoms with van der Waals surface area (Å²) in [5.41, 5.74) is 1.98. The molecule has 3 rings (SSSR count). The van der Waals surface area contributed by atoms with E-state index in [4.69, 9.17) is 11.6 Å². The van der Waals surface area contributed by atoms with Gasteiger partial charge in [-0.25, -0.2) is 13.1 Å². The van der Waals surface area contributed by atoms with Crippen molar-refractivity contribution in [3.05, 3.63) is 65.2 Å². The average molecular weight is 394 g/mol. The lowest BCUT2D eigenvalue weighted by Crippen LogP contribution is -2.48. The van der Waals surface area contributed by atoms with Gasteiger partial charge in [-0.1, -0.05) is 41.9 Å². The van der Waals surface area contributed by atoms with E-state index in [0.717, 1.165) is 43.3 Å². The molecule has 1 aliphatic heterocycles. The summed E-state index contributed by atoms with van der Waals surface area (Å²) in [6.45, 7) is 4.86. The number of halogens is 1. The molecule has 0 aliphatic carbocycles. The van der Waals surface area contributed by atoms with E-state index >= 15 is 0 Å². The Morgan fingerprint density at radius 2 is 1.58 bits per heavy atom. The van der Waals surface area contributed by atoms with Crippen LogP contribution in [0, 0.1) is 0 Å². The van der Waals surface area contributed by atoms with Gasteiger partial charge in [0.25, 0.3) is 0 Å². The molecule has 0 saturated carbocycles. The zero-order valence-corrected chi connectivity index (χ0v) is 16.2. The maximum absolute atomic E-state index is 12.2. The normalized spacial score (nSPS) is 16.0. The van der Waals surface area contributed by atoms with Gasteiger partial charge >= 0.3 is 0 Å². The third-order valence-corrected chi connectivity index (χ3v) is 6.12. The number of hydrogen-bond donors (Lipinski definition) is 1. The molecule has 0 aromatic heterocycles. The summed E-state index contributed by atoms with van der Waals surface area (Å²) in [5, 5.41) is 0.746. The summed E-state index contributed by atoms with van der Waals surface area (Å²) in [4.78, 5) is 4.61. The molecule has 26 heavy (non-hydrogen) atoms. The van der Waals surface area contributed by atoms with Crippen molar-refractivity contribution in [3.8, 4) is 0 Å². The van der Waals surface area contributed by atoms with E-state index in [2.05, 4.69) is 14.5 Å². The van der Waals surface area contributed by atoms with Gasteiger partial charge in [0.2, 0.25) is 10.0 Å². The van der Waals surface area contributed by atoms with E-state index in [1.807, 2.05) is 54.6 Å². The summed E-state index contributed by atoms with van der Waals surface area (Å²) in [6, 6.07) is 17.1. The molecular weight excluding hydrogens is 370 g/mol. The van der Waals surface area contributed by atoms with Gasteiger partial charge in [0.05, 0.1) is 5.75 Å². The van der Waals surface area contributed by atoms with E-state index in [1.54, 1.807) is 0 Å². The molecule has 1 N–H and O–H groups in total. The first kappa shape index (κ1) is 19.2. The minimum Gasteiger partial charge on any atom is -0.369 e. The average Bonchev–Trinajstić information content (AvgIpc) is 2.63. The topological polar surface area (TPSA) is 52.7 Å². The van der Waals surface area contributed by atoms with Crippen LogP contribution in [0.4, 0.5) is 5.69 Å². The minimum atomic E-state index is -3.29. The number of benzene rings is 2. The molecule has 0 atom stereocenters. The first-order chi connectivity index (χ1) is 12.5. The van der Waals surface area contributed by atoms with Crippen molar-refractivity contribution in [3.63, 3.8) is 0 Å². The Labute approximate surface area is 160 Å². The summed E-state index contributed by atoms with van der Waals surface area (Å²) >= 11 is 5.94. The van der Waals surface area contributed by atoms with Gasteiger partial charge in [0, 0.05) is 50.0 Å². The Bertz CT molecular complexity index is 789. The van der Waals surface area contributed by atoms with Crippen LogP contribution < -0.4 is 9.62 Å². The van der Waals surface area contributed by atoms with Crippen LogP contribution in [-0.2, 0) is 15.8 Å². The summed E-state index contributed by atoms with van der Waals surface area (Å²) in [6.07, 6.45) is 0. The molecule has 140 valence electrons. The number of sulfonamides is 1. The van der Waals surface area contributed by atoms with Crippen LogP contribution in [0.3, 0.4) is 0 Å². The maximum atomic E-state index is 12.2. The van der Waals surface area contributed by atoms with Crippen LogP contribution >= 0.6 is 11.6 Å². The Kier molecular flexibility index (Phi) is 6.53. The summed E-state index contributed by atoms with van der Waals surface area (Å²) in [5.74, 6) is 0.0260. The molecule has 7 heteroatoms. The zero-order chi connectivity index (χ0) is 18.4. The third-order valence-electron chi connectivity index (χ3n) is 4.51. The second-order valence-electron chi connectivity index (χ2n) is 6.44. The van der Waals surface area contributed by atoms with Crippen LogP contribution in [0.1, 0.15) is 5.56 Å². The second kappa shape index (κ2) is 8.86. The Morgan fingerprint density at radius 1 is 0.923 bits per heavy atom. The molecule has 1 fully saturated rings. The number of nitrogens with zero attached hydrogens (tertiary/aromatic N) is 2. The summed E-state index contributed by atoms with van der Waals surface area (Å²) < 4.78 is 27.0. The molecule has 0 radical (unpaired) electrons. The predicted molar refractivity (Wildman–Crippen MR) is 107 cm³/mol. The van der Waals surface area contributed by atoms with Crippen molar-refractivity contribution < 1.29 is 8.42 Å². The van der Waals surface area contributed by atoms with E-state index in [9.17, 15) is 8.42 Å². The molecule has 1 heterocycles. The lowest BCUT2D eigenvalue weighted by Gasteiger charge is -2.36. The lowest BCUT2D eigenvalue weighted by atomic mass is 10.2. The van der Waals surface area contributed by atoms with Crippen LogP contribution in [0.25, 0.3) is 0 Å². The van der Waals surface area contributed by atoms with Crippen molar-refractivity contribution >= 4 is 27.3 Å². The van der Waals surface area contributed by atoms with Crippen molar-refractivity contribution in [2.45, 2.75) is 5.75 Å². The van der Waals surface area contributed by atoms with Crippen LogP contribution in [0.5, 0.6) is 0 Å². The monoisotopic (exact) mass is 393 g/mol. The van der Waals surface area contributed by atoms with E-state index in [-0.39, 0.29) is 5.75 Å². The number of hydrogen-bond acceptors (Lipinski definition) is 4. The lowest BCUT2D eigenvalue weighted by molar-refractivity contribution is 0.262. The highest BCUT2D eigenvalue weighted by Crippen LogP contribution is 2.19. The van der Waals surface area contributed by atoms with Gasteiger partial charge < -0.3 is 4.90 Å². The van der Waals surface area contributed by atoms with Crippen molar-refractivity contribution in [2.24, 2.45) is 0 Å². The largest absolute Gasteiger partial charge is 0.369 e. The van der Waals surface area contributed by atoms with Crippen LogP contribution in [0.15, 0.2) is 54.6 Å². The van der Waals surface area contributed by atoms with Gasteiger partial charge in [-0.3, -0.25) is 4.90 Å². The molecule has 1 aliphatic rings. The SMILES string of the molecule is O=S(=O)(Cc1ccccc1)NCCN1CCN(c2ccc(Cl)cc2)CC1. The van der Waals surface area contributed by atoms with E-state index < -0.39 is 10.0 Å². The number of nitrogens with one attached hydrogen (secondary N) is 1. The van der Waals surface area contributed by atoms with Gasteiger partial charge in [0.1, 0.15) is 0 Å². The van der Waals surface area contributed by atoms with Crippen LogP contribution in [0.2, 0.25) is 5.02 Å². The van der Waals surface area contributed by atoms with Crippen molar-refractivity contribution in [1.29, 1.82) is 0 Å². The molecule has 0 spiro atoms. The number of anilines is 1. The second-order valence-corrected chi connectivity index (χ2v) is 8.69. The first-order valence-corrected chi connectivity index (χ1v) is 10.8. The maximum Gasteiger partial charge on any atom is 0.215 e. The molecule has 0 bridgehead atoms. The highest BCUT2D eigenvalue weighted by molar-refractivity contribution is 7.88. The highest BCUT2D eigenvalue weighted by atomic mass is 35.5. The fourth-order valence-electron chi connectivity index (χ4n) is 3.09. The van der Waals surface area contributed by atoms with Gasteiger partial charge in [0.15, 0.2) is 0 Å². The zero-order valence-electron chi connectivity index (χ0n) is 14.6. The molecule has 2 aromatic rings. The molecule has 0 unspecified atom stereocenters. The molecular formula is C19H24ClN3O2S. The van der Waals surface area contributed by atoms with Crippen LogP contribution in [-0.4, -0.2) is 52.6 Å². The fraction of sp³-hybridized carbons (Fsp3) is 0.368. The highest BCUT2D eigenvalue weighted by Gasteiger charge is 2.18. The minimum absolute atomic E-state index is 0.0260. The Morgan fingerprint density at radius 3 is 2.23 bits per heavy atom. The standard InChI is InChI=1S/C19H24ClN3O2S/c20-18-6-8-19(9-7-18)23-14-12-22(13-15-23)11-10-21-26(24,25)16-17-4-2-1-3-5-17/h1-9,21H,10-16H2.